The first kappa shape index (κ1) is 15.2. The molecule has 0 bridgehead atoms. The van der Waals surface area contributed by atoms with Crippen LogP contribution in [0.25, 0.3) is 11.0 Å². The summed E-state index contributed by atoms with van der Waals surface area (Å²) >= 11 is 0. The van der Waals surface area contributed by atoms with Gasteiger partial charge in [0, 0.05) is 0 Å². The summed E-state index contributed by atoms with van der Waals surface area (Å²) in [6.07, 6.45) is 3.19. The molecule has 124 valence electrons. The van der Waals surface area contributed by atoms with Gasteiger partial charge in [-0.3, -0.25) is 4.79 Å². The van der Waals surface area contributed by atoms with E-state index in [0.717, 1.165) is 22.2 Å². The van der Waals surface area contributed by atoms with Crippen LogP contribution in [0.5, 0.6) is 0 Å². The molecule has 0 saturated carbocycles. The number of amides is 1. The van der Waals surface area contributed by atoms with Gasteiger partial charge in [0.2, 0.25) is 0 Å². The molecule has 5 heteroatoms. The van der Waals surface area contributed by atoms with Gasteiger partial charge in [0.05, 0.1) is 35.2 Å². The van der Waals surface area contributed by atoms with Crippen molar-refractivity contribution in [1.82, 2.24) is 15.3 Å². The fourth-order valence-corrected chi connectivity index (χ4v) is 2.97. The number of hydrogen-bond acceptors (Lipinski definition) is 3. The molecule has 0 saturated heterocycles. The molecule has 25 heavy (non-hydrogen) atoms. The van der Waals surface area contributed by atoms with E-state index in [2.05, 4.69) is 15.3 Å². The number of imidazole rings is 1. The average Bonchev–Trinajstić information content (AvgIpc) is 3.28. The Balaban J connectivity index is 1.74. The highest BCUT2D eigenvalue weighted by Crippen LogP contribution is 2.25. The lowest BCUT2D eigenvalue weighted by molar-refractivity contribution is 0.0941. The smallest absolute Gasteiger partial charge is 0.255 e. The van der Waals surface area contributed by atoms with Crippen LogP contribution in [0, 0.1) is 6.92 Å². The van der Waals surface area contributed by atoms with Crippen molar-refractivity contribution in [1.29, 1.82) is 0 Å². The van der Waals surface area contributed by atoms with Gasteiger partial charge in [-0.25, -0.2) is 4.98 Å². The van der Waals surface area contributed by atoms with E-state index in [-0.39, 0.29) is 11.9 Å². The van der Waals surface area contributed by atoms with Gasteiger partial charge in [0.25, 0.3) is 5.91 Å². The second kappa shape index (κ2) is 6.28. The predicted molar refractivity (Wildman–Crippen MR) is 95.3 cm³/mol. The number of hydrogen-bond donors (Lipinski definition) is 2. The van der Waals surface area contributed by atoms with Crippen molar-refractivity contribution in [2.24, 2.45) is 0 Å². The summed E-state index contributed by atoms with van der Waals surface area (Å²) in [6.45, 7) is 1.78. The summed E-state index contributed by atoms with van der Waals surface area (Å²) in [5.74, 6) is 0.443. The minimum absolute atomic E-state index is 0.162. The average molecular weight is 331 g/mol. The zero-order valence-electron chi connectivity index (χ0n) is 13.7. The number of benzene rings is 2. The van der Waals surface area contributed by atoms with Crippen LogP contribution >= 0.6 is 0 Å². The molecule has 2 heterocycles. The molecular weight excluding hydrogens is 314 g/mol. The molecule has 0 fully saturated rings. The largest absolute Gasteiger partial charge is 0.469 e. The van der Waals surface area contributed by atoms with E-state index in [1.165, 1.54) is 6.26 Å². The highest BCUT2D eigenvalue weighted by Gasteiger charge is 2.20. The first-order chi connectivity index (χ1) is 12.2. The topological polar surface area (TPSA) is 70.9 Å². The molecule has 1 amide bonds. The van der Waals surface area contributed by atoms with Crippen LogP contribution in [-0.4, -0.2) is 15.9 Å². The highest BCUT2D eigenvalue weighted by atomic mass is 16.3. The Morgan fingerprint density at radius 2 is 1.96 bits per heavy atom. The summed E-state index contributed by atoms with van der Waals surface area (Å²) in [5.41, 5.74) is 4.37. The summed E-state index contributed by atoms with van der Waals surface area (Å²) in [7, 11) is 0. The Morgan fingerprint density at radius 3 is 2.72 bits per heavy atom. The van der Waals surface area contributed by atoms with Gasteiger partial charge in [-0.05, 0) is 36.2 Å². The molecule has 5 nitrogen and oxygen atoms in total. The molecule has 1 atom stereocenters. The quantitative estimate of drug-likeness (QED) is 0.594. The van der Waals surface area contributed by atoms with Crippen molar-refractivity contribution in [3.8, 4) is 0 Å². The summed E-state index contributed by atoms with van der Waals surface area (Å²) < 4.78 is 5.25. The lowest BCUT2D eigenvalue weighted by Gasteiger charge is -2.20. The van der Waals surface area contributed by atoms with Crippen LogP contribution in [0.1, 0.15) is 33.3 Å². The van der Waals surface area contributed by atoms with Crippen molar-refractivity contribution in [3.63, 3.8) is 0 Å². The molecule has 0 aliphatic rings. The normalized spacial score (nSPS) is 12.2. The van der Waals surface area contributed by atoms with Gasteiger partial charge >= 0.3 is 0 Å². The van der Waals surface area contributed by atoms with Crippen LogP contribution in [-0.2, 0) is 0 Å². The number of nitrogens with one attached hydrogen (secondary N) is 2. The Labute approximate surface area is 144 Å². The molecule has 0 aliphatic carbocycles. The predicted octanol–water partition coefficient (Wildman–Crippen LogP) is 3.98. The van der Waals surface area contributed by atoms with E-state index in [1.54, 1.807) is 19.3 Å². The van der Waals surface area contributed by atoms with Gasteiger partial charge < -0.3 is 14.7 Å². The highest BCUT2D eigenvalue weighted by molar-refractivity contribution is 5.95. The number of rotatable bonds is 4. The third-order valence-corrected chi connectivity index (χ3v) is 4.29. The Morgan fingerprint density at radius 1 is 1.12 bits per heavy atom. The van der Waals surface area contributed by atoms with Crippen LogP contribution in [0.15, 0.2) is 71.6 Å². The Hall–Kier alpha value is -3.34. The van der Waals surface area contributed by atoms with Gasteiger partial charge in [-0.1, -0.05) is 36.4 Å². The monoisotopic (exact) mass is 331 g/mol. The molecule has 0 spiro atoms. The van der Waals surface area contributed by atoms with Gasteiger partial charge in [-0.2, -0.15) is 0 Å². The maximum absolute atomic E-state index is 12.7. The van der Waals surface area contributed by atoms with Crippen molar-refractivity contribution in [2.75, 3.05) is 0 Å². The molecule has 2 N–H and O–H groups in total. The van der Waals surface area contributed by atoms with E-state index in [9.17, 15) is 4.79 Å². The number of H-pyrrole nitrogens is 1. The second-order valence-corrected chi connectivity index (χ2v) is 5.89. The van der Waals surface area contributed by atoms with Gasteiger partial charge in [0.15, 0.2) is 0 Å². The number of aromatic amines is 1. The molecular formula is C20H17N3O2. The van der Waals surface area contributed by atoms with Gasteiger partial charge in [0.1, 0.15) is 5.76 Å². The molecule has 4 rings (SSSR count). The summed E-state index contributed by atoms with van der Waals surface area (Å²) in [4.78, 5) is 20.1. The fourth-order valence-electron chi connectivity index (χ4n) is 2.97. The van der Waals surface area contributed by atoms with Crippen LogP contribution in [0.3, 0.4) is 0 Å². The molecule has 0 aliphatic heterocycles. The molecule has 2 aromatic carbocycles. The Kier molecular flexibility index (Phi) is 3.82. The number of carbonyl (C=O) groups is 1. The number of aromatic nitrogens is 2. The first-order valence-corrected chi connectivity index (χ1v) is 8.05. The minimum atomic E-state index is -0.268. The second-order valence-electron chi connectivity index (χ2n) is 5.89. The first-order valence-electron chi connectivity index (χ1n) is 8.05. The number of furan rings is 1. The van der Waals surface area contributed by atoms with E-state index in [4.69, 9.17) is 4.42 Å². The zero-order chi connectivity index (χ0) is 17.2. The van der Waals surface area contributed by atoms with Crippen molar-refractivity contribution >= 4 is 16.9 Å². The summed E-state index contributed by atoms with van der Waals surface area (Å²) in [5, 5.41) is 3.12. The van der Waals surface area contributed by atoms with E-state index >= 15 is 0 Å². The molecule has 1 unspecified atom stereocenters. The van der Waals surface area contributed by atoms with Crippen molar-refractivity contribution < 1.29 is 9.21 Å². The number of aryl methyl sites for hydroxylation is 1. The zero-order valence-corrected chi connectivity index (χ0v) is 13.7. The lowest BCUT2D eigenvalue weighted by Crippen LogP contribution is -2.29. The Bertz CT molecular complexity index is 1020. The number of carbonyl (C=O) groups excluding carboxylic acids is 1. The molecule has 4 aromatic rings. The van der Waals surface area contributed by atoms with Crippen LogP contribution < -0.4 is 5.32 Å². The van der Waals surface area contributed by atoms with E-state index in [1.807, 2.05) is 48.5 Å². The van der Waals surface area contributed by atoms with E-state index < -0.39 is 0 Å². The van der Waals surface area contributed by atoms with E-state index in [0.29, 0.717) is 11.3 Å². The molecule has 2 aromatic heterocycles. The SMILES string of the molecule is Cc1occc1C(=O)NC(c1ccccc1)c1ccc2nc[nH]c2c1. The minimum Gasteiger partial charge on any atom is -0.469 e. The van der Waals surface area contributed by atoms with Crippen LogP contribution in [0.4, 0.5) is 0 Å². The fraction of sp³-hybridized carbons (Fsp3) is 0.100. The maximum atomic E-state index is 12.7. The van der Waals surface area contributed by atoms with Crippen molar-refractivity contribution in [3.05, 3.63) is 89.6 Å². The summed E-state index contributed by atoms with van der Waals surface area (Å²) in [6, 6.07) is 17.3. The number of nitrogens with zero attached hydrogens (tertiary/aromatic N) is 1. The van der Waals surface area contributed by atoms with Crippen molar-refractivity contribution in [2.45, 2.75) is 13.0 Å². The molecule has 0 radical (unpaired) electrons. The third kappa shape index (κ3) is 2.92. The third-order valence-electron chi connectivity index (χ3n) is 4.29. The lowest BCUT2D eigenvalue weighted by atomic mass is 9.98. The maximum Gasteiger partial charge on any atom is 0.255 e. The standard InChI is InChI=1S/C20H17N3O2/c1-13-16(9-10-25-13)20(24)23-19(14-5-3-2-4-6-14)15-7-8-17-18(11-15)22-12-21-17/h2-12,19H,1H3,(H,21,22)(H,23,24). The number of fused-ring (bicyclic) bond motifs is 1. The van der Waals surface area contributed by atoms with Gasteiger partial charge in [-0.15, -0.1) is 0 Å². The van der Waals surface area contributed by atoms with Crippen LogP contribution in [0.2, 0.25) is 0 Å².